The molecule has 3 heterocycles. The molecule has 1 fully saturated rings. The number of carbonyl (C=O) groups excluding carboxylic acids is 2. The van der Waals surface area contributed by atoms with Crippen LogP contribution in [0.5, 0.6) is 0 Å². The minimum Gasteiger partial charge on any atom is -0.378 e. The van der Waals surface area contributed by atoms with Crippen LogP contribution in [0.1, 0.15) is 39.2 Å². The molecule has 0 bridgehead atoms. The van der Waals surface area contributed by atoms with Crippen LogP contribution in [-0.2, 0) is 14.3 Å². The van der Waals surface area contributed by atoms with Crippen molar-refractivity contribution >= 4 is 38.7 Å². The van der Waals surface area contributed by atoms with E-state index < -0.39 is 0 Å². The van der Waals surface area contributed by atoms with Gasteiger partial charge in [0.15, 0.2) is 11.6 Å². The molecule has 29 heavy (non-hydrogen) atoms. The summed E-state index contributed by atoms with van der Waals surface area (Å²) in [4.78, 5) is 27.5. The molecule has 2 aromatic rings. The smallest absolute Gasteiger partial charge is 0.158 e. The number of nitrogens with one attached hydrogen (secondary N) is 1. The number of hydrogen-bond acceptors (Lipinski definition) is 6. The first-order valence-electron chi connectivity index (χ1n) is 9.92. The summed E-state index contributed by atoms with van der Waals surface area (Å²) in [6.07, 6.45) is 0. The van der Waals surface area contributed by atoms with Gasteiger partial charge in [-0.2, -0.15) is 0 Å². The molecule has 1 N–H and O–H groups in total. The number of ether oxygens (including phenoxy) is 1. The molecule has 0 amide bonds. The Morgan fingerprint density at radius 3 is 2.28 bits per heavy atom. The second-order valence-corrected chi connectivity index (χ2v) is 8.63. The summed E-state index contributed by atoms with van der Waals surface area (Å²) in [5.74, 6) is -0.343. The third kappa shape index (κ3) is 3.51. The lowest BCUT2D eigenvalue weighted by molar-refractivity contribution is -0.114. The normalized spacial score (nSPS) is 18.4. The summed E-state index contributed by atoms with van der Waals surface area (Å²) < 4.78 is 6.65. The van der Waals surface area contributed by atoms with E-state index in [0.717, 1.165) is 59.0 Å². The molecule has 4 rings (SSSR count). The van der Waals surface area contributed by atoms with Gasteiger partial charge in [0.2, 0.25) is 0 Å². The van der Waals surface area contributed by atoms with E-state index in [2.05, 4.69) is 33.8 Å². The molecule has 1 saturated heterocycles. The molecule has 2 aliphatic rings. The van der Waals surface area contributed by atoms with Crippen molar-refractivity contribution in [3.8, 4) is 0 Å². The van der Waals surface area contributed by atoms with E-state index >= 15 is 0 Å². The highest BCUT2D eigenvalue weighted by Gasteiger charge is 2.35. The van der Waals surface area contributed by atoms with E-state index in [9.17, 15) is 9.59 Å². The van der Waals surface area contributed by atoms with E-state index in [0.29, 0.717) is 11.1 Å². The van der Waals surface area contributed by atoms with Crippen LogP contribution < -0.4 is 10.2 Å². The van der Waals surface area contributed by atoms with Crippen molar-refractivity contribution in [2.24, 2.45) is 0 Å². The minimum atomic E-state index is -0.333. The fraction of sp³-hybridized carbons (Fsp3) is 0.391. The Bertz CT molecular complexity index is 1020. The minimum absolute atomic E-state index is 0.00469. The molecule has 6 heteroatoms. The molecule has 0 atom stereocenters. The monoisotopic (exact) mass is 410 g/mol. The number of hydrogen-bond donors (Lipinski definition) is 1. The lowest BCUT2D eigenvalue weighted by atomic mass is 9.77. The van der Waals surface area contributed by atoms with Crippen LogP contribution in [0.3, 0.4) is 0 Å². The lowest BCUT2D eigenvalue weighted by Crippen LogP contribution is -2.36. The molecule has 0 saturated carbocycles. The van der Waals surface area contributed by atoms with Gasteiger partial charge in [-0.05, 0) is 62.2 Å². The van der Waals surface area contributed by atoms with Crippen molar-refractivity contribution in [1.82, 2.24) is 5.32 Å². The van der Waals surface area contributed by atoms with Gasteiger partial charge in [-0.1, -0.05) is 0 Å². The molecule has 5 nitrogen and oxygen atoms in total. The number of Topliss-reactive ketones (excluding diaryl/α,β-unsaturated/α-hetero) is 2. The highest BCUT2D eigenvalue weighted by atomic mass is 32.1. The van der Waals surface area contributed by atoms with Crippen LogP contribution in [0.15, 0.2) is 46.1 Å². The van der Waals surface area contributed by atoms with Gasteiger partial charge < -0.3 is 15.0 Å². The Kier molecular flexibility index (Phi) is 5.32. The van der Waals surface area contributed by atoms with Crippen LogP contribution in [0.4, 0.5) is 5.69 Å². The van der Waals surface area contributed by atoms with E-state index in [1.807, 2.05) is 13.8 Å². The zero-order chi connectivity index (χ0) is 20.7. The van der Waals surface area contributed by atoms with Crippen LogP contribution in [-0.4, -0.2) is 37.9 Å². The first kappa shape index (κ1) is 19.9. The average molecular weight is 411 g/mol. The number of thiophene rings is 1. The molecule has 1 aromatic carbocycles. The standard InChI is InChI=1S/C23H26N2O3S/c1-13-21(15(3)26)23(22(16(4)27)14(2)24-13)19-12-29-20-6-5-17(11-18(19)20)25-7-9-28-10-8-25/h5-6,11-12,23-24H,7-10H2,1-4H3. The number of dihydropyridines is 1. The molecule has 0 aliphatic carbocycles. The van der Waals surface area contributed by atoms with E-state index in [-0.39, 0.29) is 17.5 Å². The summed E-state index contributed by atoms with van der Waals surface area (Å²) in [5.41, 5.74) is 5.21. The third-order valence-electron chi connectivity index (χ3n) is 5.79. The van der Waals surface area contributed by atoms with Crippen LogP contribution in [0.25, 0.3) is 10.1 Å². The molecule has 2 aliphatic heterocycles. The SMILES string of the molecule is CC(=O)C1=C(C)NC(C)=C(C(C)=O)C1c1csc2ccc(N3CCOCC3)cc12. The van der Waals surface area contributed by atoms with Crippen molar-refractivity contribution in [1.29, 1.82) is 0 Å². The summed E-state index contributed by atoms with van der Waals surface area (Å²) in [6.45, 7) is 10.2. The van der Waals surface area contributed by atoms with Crippen molar-refractivity contribution < 1.29 is 14.3 Å². The van der Waals surface area contributed by atoms with Gasteiger partial charge in [0.25, 0.3) is 0 Å². The van der Waals surface area contributed by atoms with Crippen molar-refractivity contribution in [3.63, 3.8) is 0 Å². The van der Waals surface area contributed by atoms with Gasteiger partial charge in [0.05, 0.1) is 13.2 Å². The second kappa shape index (κ2) is 7.76. The number of benzene rings is 1. The highest BCUT2D eigenvalue weighted by Crippen LogP contribution is 2.44. The van der Waals surface area contributed by atoms with Crippen LogP contribution in [0.2, 0.25) is 0 Å². The Labute approximate surface area is 175 Å². The van der Waals surface area contributed by atoms with E-state index in [1.54, 1.807) is 25.2 Å². The first-order valence-corrected chi connectivity index (χ1v) is 10.8. The van der Waals surface area contributed by atoms with Gasteiger partial charge >= 0.3 is 0 Å². The van der Waals surface area contributed by atoms with E-state index in [4.69, 9.17) is 4.74 Å². The number of nitrogens with zero attached hydrogens (tertiary/aromatic N) is 1. The van der Waals surface area contributed by atoms with Crippen molar-refractivity contribution in [3.05, 3.63) is 51.7 Å². The number of anilines is 1. The zero-order valence-corrected chi connectivity index (χ0v) is 18.1. The van der Waals surface area contributed by atoms with Gasteiger partial charge in [0, 0.05) is 51.9 Å². The first-order chi connectivity index (χ1) is 13.9. The van der Waals surface area contributed by atoms with Crippen LogP contribution >= 0.6 is 11.3 Å². The molecule has 0 spiro atoms. The summed E-state index contributed by atoms with van der Waals surface area (Å²) >= 11 is 1.66. The van der Waals surface area contributed by atoms with Gasteiger partial charge in [0.1, 0.15) is 0 Å². The molecule has 0 unspecified atom stereocenters. The maximum absolute atomic E-state index is 12.6. The number of ketones is 2. The number of allylic oxidation sites excluding steroid dienone is 4. The lowest BCUT2D eigenvalue weighted by Gasteiger charge is -2.31. The number of carbonyl (C=O) groups is 2. The Balaban J connectivity index is 1.89. The summed E-state index contributed by atoms with van der Waals surface area (Å²) in [5, 5.41) is 6.47. The molecule has 152 valence electrons. The summed E-state index contributed by atoms with van der Waals surface area (Å²) in [6, 6.07) is 6.49. The van der Waals surface area contributed by atoms with Gasteiger partial charge in [-0.15, -0.1) is 11.3 Å². The molecular weight excluding hydrogens is 384 g/mol. The van der Waals surface area contributed by atoms with E-state index in [1.165, 1.54) is 0 Å². The fourth-order valence-electron chi connectivity index (χ4n) is 4.52. The van der Waals surface area contributed by atoms with Gasteiger partial charge in [-0.3, -0.25) is 9.59 Å². The third-order valence-corrected chi connectivity index (χ3v) is 6.77. The number of rotatable bonds is 4. The maximum Gasteiger partial charge on any atom is 0.158 e. The van der Waals surface area contributed by atoms with Crippen molar-refractivity contribution in [2.75, 3.05) is 31.2 Å². The molecular formula is C23H26N2O3S. The molecule has 0 radical (unpaired) electrons. The van der Waals surface area contributed by atoms with Gasteiger partial charge in [-0.25, -0.2) is 0 Å². The summed E-state index contributed by atoms with van der Waals surface area (Å²) in [7, 11) is 0. The quantitative estimate of drug-likeness (QED) is 0.821. The highest BCUT2D eigenvalue weighted by molar-refractivity contribution is 7.17. The second-order valence-electron chi connectivity index (χ2n) is 7.72. The fourth-order valence-corrected chi connectivity index (χ4v) is 5.48. The number of fused-ring (bicyclic) bond motifs is 1. The Morgan fingerprint density at radius 1 is 1.07 bits per heavy atom. The predicted octanol–water partition coefficient (Wildman–Crippen LogP) is 4.15. The zero-order valence-electron chi connectivity index (χ0n) is 17.3. The largest absolute Gasteiger partial charge is 0.378 e. The Morgan fingerprint density at radius 2 is 1.69 bits per heavy atom. The van der Waals surface area contributed by atoms with Crippen LogP contribution in [0, 0.1) is 0 Å². The maximum atomic E-state index is 12.6. The predicted molar refractivity (Wildman–Crippen MR) is 117 cm³/mol. The topological polar surface area (TPSA) is 58.6 Å². The van der Waals surface area contributed by atoms with Crippen molar-refractivity contribution in [2.45, 2.75) is 33.6 Å². The molecule has 1 aromatic heterocycles. The Hall–Kier alpha value is -2.44. The number of morpholine rings is 1. The average Bonchev–Trinajstić information content (AvgIpc) is 3.10.